The van der Waals surface area contributed by atoms with E-state index in [9.17, 15) is 9.59 Å². The number of benzene rings is 1. The van der Waals surface area contributed by atoms with Gasteiger partial charge in [-0.25, -0.2) is 4.98 Å². The van der Waals surface area contributed by atoms with Crippen molar-refractivity contribution in [3.8, 4) is 0 Å². The van der Waals surface area contributed by atoms with E-state index < -0.39 is 6.04 Å². The van der Waals surface area contributed by atoms with Crippen LogP contribution in [0.2, 0.25) is 0 Å². The van der Waals surface area contributed by atoms with Gasteiger partial charge in [-0.05, 0) is 37.0 Å². The molecule has 1 aromatic heterocycles. The Balaban J connectivity index is 2.18. The van der Waals surface area contributed by atoms with Crippen LogP contribution in [0.15, 0.2) is 18.2 Å². The van der Waals surface area contributed by atoms with E-state index >= 15 is 0 Å². The number of aromatic nitrogens is 1. The van der Waals surface area contributed by atoms with Gasteiger partial charge in [-0.1, -0.05) is 26.8 Å². The molecule has 23 heavy (non-hydrogen) atoms. The van der Waals surface area contributed by atoms with Crippen molar-refractivity contribution < 1.29 is 9.59 Å². The van der Waals surface area contributed by atoms with Crippen LogP contribution in [-0.4, -0.2) is 22.7 Å². The highest BCUT2D eigenvalue weighted by atomic mass is 32.1. The molecule has 0 spiro atoms. The monoisotopic (exact) mass is 332 g/mol. The molecule has 0 saturated heterocycles. The van der Waals surface area contributed by atoms with E-state index in [2.05, 4.69) is 36.3 Å². The van der Waals surface area contributed by atoms with Gasteiger partial charge in [-0.15, -0.1) is 11.3 Å². The molecule has 0 fully saturated rings. The molecule has 124 valence electrons. The van der Waals surface area contributed by atoms with Gasteiger partial charge >= 0.3 is 0 Å². The molecular formula is C18H24N2O2S. The summed E-state index contributed by atoms with van der Waals surface area (Å²) in [5.74, 6) is 0.371. The second-order valence-electron chi connectivity index (χ2n) is 6.17. The molecule has 0 bridgehead atoms. The normalized spacial score (nSPS) is 12.6. The molecule has 2 rings (SSSR count). The summed E-state index contributed by atoms with van der Waals surface area (Å²) < 4.78 is 1.13. The van der Waals surface area contributed by atoms with Crippen LogP contribution in [0.1, 0.15) is 57.0 Å². The SMILES string of the molecule is CCCC(=O)N[C@@H](Cc1nc2ccc(C(C)C)cc2s1)C(C)=O. The molecule has 5 heteroatoms. The third-order valence-corrected chi connectivity index (χ3v) is 4.85. The number of rotatable bonds is 7. The van der Waals surface area contributed by atoms with Gasteiger partial charge in [0.25, 0.3) is 0 Å². The average molecular weight is 332 g/mol. The molecular weight excluding hydrogens is 308 g/mol. The quantitative estimate of drug-likeness (QED) is 0.838. The van der Waals surface area contributed by atoms with Crippen molar-refractivity contribution >= 4 is 33.2 Å². The van der Waals surface area contributed by atoms with Crippen LogP contribution < -0.4 is 5.32 Å². The van der Waals surface area contributed by atoms with E-state index in [-0.39, 0.29) is 11.7 Å². The fourth-order valence-corrected chi connectivity index (χ4v) is 3.46. The largest absolute Gasteiger partial charge is 0.346 e. The average Bonchev–Trinajstić information content (AvgIpc) is 2.87. The van der Waals surface area contributed by atoms with Crippen molar-refractivity contribution in [1.82, 2.24) is 10.3 Å². The number of nitrogens with one attached hydrogen (secondary N) is 1. The molecule has 0 unspecified atom stereocenters. The number of hydrogen-bond acceptors (Lipinski definition) is 4. The molecule has 0 saturated carbocycles. The highest BCUT2D eigenvalue weighted by Crippen LogP contribution is 2.27. The van der Waals surface area contributed by atoms with Gasteiger partial charge in [0.2, 0.25) is 5.91 Å². The molecule has 1 heterocycles. The van der Waals surface area contributed by atoms with Crippen LogP contribution in [0.3, 0.4) is 0 Å². The number of hydrogen-bond donors (Lipinski definition) is 1. The van der Waals surface area contributed by atoms with E-state index in [1.807, 2.05) is 13.0 Å². The van der Waals surface area contributed by atoms with Crippen molar-refractivity contribution in [3.05, 3.63) is 28.8 Å². The van der Waals surface area contributed by atoms with Gasteiger partial charge in [0.05, 0.1) is 21.3 Å². The predicted molar refractivity (Wildman–Crippen MR) is 94.9 cm³/mol. The number of carbonyl (C=O) groups excluding carboxylic acids is 2. The Morgan fingerprint density at radius 3 is 2.65 bits per heavy atom. The standard InChI is InChI=1S/C18H24N2O2S/c1-5-6-17(22)19-15(12(4)21)10-18-20-14-8-7-13(11(2)3)9-16(14)23-18/h7-9,11,15H,5-6,10H2,1-4H3,(H,19,22)/t15-/m0/s1. The van der Waals surface area contributed by atoms with Crippen molar-refractivity contribution in [3.63, 3.8) is 0 Å². The Hall–Kier alpha value is -1.75. The zero-order valence-electron chi connectivity index (χ0n) is 14.2. The van der Waals surface area contributed by atoms with E-state index in [1.54, 1.807) is 11.3 Å². The molecule has 2 aromatic rings. The highest BCUT2D eigenvalue weighted by Gasteiger charge is 2.19. The minimum absolute atomic E-state index is 0.0309. The van der Waals surface area contributed by atoms with E-state index in [0.29, 0.717) is 18.8 Å². The fourth-order valence-electron chi connectivity index (χ4n) is 2.40. The summed E-state index contributed by atoms with van der Waals surface area (Å²) in [7, 11) is 0. The van der Waals surface area contributed by atoms with Crippen LogP contribution in [0, 0.1) is 0 Å². The van der Waals surface area contributed by atoms with Crippen molar-refractivity contribution in [2.75, 3.05) is 0 Å². The van der Waals surface area contributed by atoms with E-state index in [0.717, 1.165) is 21.6 Å². The van der Waals surface area contributed by atoms with Crippen molar-refractivity contribution in [1.29, 1.82) is 0 Å². The second kappa shape index (κ2) is 7.68. The lowest BCUT2D eigenvalue weighted by molar-refractivity contribution is -0.126. The van der Waals surface area contributed by atoms with Gasteiger partial charge in [-0.2, -0.15) is 0 Å². The van der Waals surface area contributed by atoms with Crippen LogP contribution in [0.5, 0.6) is 0 Å². The molecule has 4 nitrogen and oxygen atoms in total. The van der Waals surface area contributed by atoms with Crippen LogP contribution >= 0.6 is 11.3 Å². The Morgan fingerprint density at radius 1 is 1.30 bits per heavy atom. The summed E-state index contributed by atoms with van der Waals surface area (Å²) in [6, 6.07) is 5.81. The first-order valence-corrected chi connectivity index (χ1v) is 8.91. The van der Waals surface area contributed by atoms with Crippen LogP contribution in [-0.2, 0) is 16.0 Å². The molecule has 1 aromatic carbocycles. The lowest BCUT2D eigenvalue weighted by atomic mass is 10.0. The summed E-state index contributed by atoms with van der Waals surface area (Å²) in [5, 5.41) is 3.70. The molecule has 0 radical (unpaired) electrons. The number of amides is 1. The Morgan fingerprint density at radius 2 is 2.04 bits per heavy atom. The minimum Gasteiger partial charge on any atom is -0.346 e. The number of fused-ring (bicyclic) bond motifs is 1. The minimum atomic E-state index is -0.487. The van der Waals surface area contributed by atoms with Gasteiger partial charge < -0.3 is 5.32 Å². The highest BCUT2D eigenvalue weighted by molar-refractivity contribution is 7.18. The molecule has 0 aliphatic carbocycles. The first kappa shape index (κ1) is 17.6. The topological polar surface area (TPSA) is 59.1 Å². The summed E-state index contributed by atoms with van der Waals surface area (Å²) >= 11 is 1.60. The smallest absolute Gasteiger partial charge is 0.220 e. The molecule has 1 N–H and O–H groups in total. The van der Waals surface area contributed by atoms with Gasteiger partial charge in [0, 0.05) is 12.8 Å². The maximum atomic E-state index is 11.8. The number of Topliss-reactive ketones (excluding diaryl/α,β-unsaturated/α-hetero) is 1. The summed E-state index contributed by atoms with van der Waals surface area (Å²) in [5.41, 5.74) is 2.24. The number of ketones is 1. The van der Waals surface area contributed by atoms with Crippen LogP contribution in [0.4, 0.5) is 0 Å². The molecule has 1 atom stereocenters. The number of nitrogens with zero attached hydrogens (tertiary/aromatic N) is 1. The Bertz CT molecular complexity index is 706. The molecule has 0 aliphatic heterocycles. The van der Waals surface area contributed by atoms with Crippen molar-refractivity contribution in [2.45, 2.75) is 58.9 Å². The predicted octanol–water partition coefficient (Wildman–Crippen LogP) is 3.84. The van der Waals surface area contributed by atoms with E-state index in [1.165, 1.54) is 12.5 Å². The number of carbonyl (C=O) groups is 2. The zero-order valence-corrected chi connectivity index (χ0v) is 15.0. The maximum absolute atomic E-state index is 11.8. The summed E-state index contributed by atoms with van der Waals surface area (Å²) in [4.78, 5) is 28.2. The molecule has 0 aliphatic rings. The zero-order chi connectivity index (χ0) is 17.0. The third kappa shape index (κ3) is 4.61. The van der Waals surface area contributed by atoms with Crippen molar-refractivity contribution in [2.24, 2.45) is 0 Å². The summed E-state index contributed by atoms with van der Waals surface area (Å²) in [6.07, 6.45) is 1.68. The van der Waals surface area contributed by atoms with Crippen LogP contribution in [0.25, 0.3) is 10.2 Å². The van der Waals surface area contributed by atoms with Gasteiger partial charge in [-0.3, -0.25) is 9.59 Å². The first-order chi connectivity index (χ1) is 10.9. The second-order valence-corrected chi connectivity index (χ2v) is 7.29. The maximum Gasteiger partial charge on any atom is 0.220 e. The fraction of sp³-hybridized carbons (Fsp3) is 0.500. The van der Waals surface area contributed by atoms with Gasteiger partial charge in [0.15, 0.2) is 5.78 Å². The third-order valence-electron chi connectivity index (χ3n) is 3.81. The van der Waals surface area contributed by atoms with E-state index in [4.69, 9.17) is 0 Å². The Labute approximate surface area is 141 Å². The lowest BCUT2D eigenvalue weighted by Gasteiger charge is -2.14. The number of thiazole rings is 1. The Kier molecular flexibility index (Phi) is 5.88. The van der Waals surface area contributed by atoms with Gasteiger partial charge in [0.1, 0.15) is 0 Å². The molecule has 1 amide bonds. The first-order valence-electron chi connectivity index (χ1n) is 8.09. The summed E-state index contributed by atoms with van der Waals surface area (Å²) in [6.45, 7) is 7.79. The lowest BCUT2D eigenvalue weighted by Crippen LogP contribution is -2.41.